The van der Waals surface area contributed by atoms with Crippen LogP contribution in [0, 0.1) is 0 Å². The van der Waals surface area contributed by atoms with Gasteiger partial charge in [-0.25, -0.2) is 0 Å². The van der Waals surface area contributed by atoms with E-state index in [0.29, 0.717) is 0 Å². The summed E-state index contributed by atoms with van der Waals surface area (Å²) in [5, 5.41) is 2.43. The van der Waals surface area contributed by atoms with E-state index in [4.69, 9.17) is 9.31 Å². The summed E-state index contributed by atoms with van der Waals surface area (Å²) in [7, 11) is -0.273. The number of hydrogen-bond acceptors (Lipinski definition) is 2. The molecule has 1 aliphatic rings. The van der Waals surface area contributed by atoms with Gasteiger partial charge in [0, 0.05) is 6.10 Å². The predicted molar refractivity (Wildman–Crippen MR) is 79.7 cm³/mol. The van der Waals surface area contributed by atoms with Crippen molar-refractivity contribution < 1.29 is 9.31 Å². The standard InChI is InChI=1S/C16H19BO2/c1-12-11-16(2,3)19-17(18-12)15-10-6-8-13-7-4-5-9-14(13)15/h4-10,12H,11H2,1-3H3/t12-/m1/s1. The summed E-state index contributed by atoms with van der Waals surface area (Å²) >= 11 is 0. The minimum Gasteiger partial charge on any atom is -0.405 e. The molecule has 3 rings (SSSR count). The zero-order valence-corrected chi connectivity index (χ0v) is 11.7. The van der Waals surface area contributed by atoms with Gasteiger partial charge in [0.25, 0.3) is 0 Å². The first-order valence-corrected chi connectivity index (χ1v) is 6.86. The van der Waals surface area contributed by atoms with Crippen molar-refractivity contribution in [2.24, 2.45) is 0 Å². The second-order valence-corrected chi connectivity index (χ2v) is 5.93. The van der Waals surface area contributed by atoms with Crippen LogP contribution in [0.5, 0.6) is 0 Å². The first kappa shape index (κ1) is 12.7. The van der Waals surface area contributed by atoms with E-state index in [2.05, 4.69) is 63.2 Å². The maximum absolute atomic E-state index is 6.12. The molecule has 1 saturated heterocycles. The maximum Gasteiger partial charge on any atom is 0.495 e. The largest absolute Gasteiger partial charge is 0.495 e. The molecule has 1 aliphatic heterocycles. The molecule has 3 heteroatoms. The van der Waals surface area contributed by atoms with Gasteiger partial charge in [0.1, 0.15) is 0 Å². The van der Waals surface area contributed by atoms with Gasteiger partial charge in [-0.2, -0.15) is 0 Å². The molecule has 0 N–H and O–H groups in total. The van der Waals surface area contributed by atoms with Crippen LogP contribution in [0.2, 0.25) is 0 Å². The molecule has 0 saturated carbocycles. The fourth-order valence-corrected chi connectivity index (χ4v) is 2.91. The van der Waals surface area contributed by atoms with Crippen molar-refractivity contribution in [3.05, 3.63) is 42.5 Å². The lowest BCUT2D eigenvalue weighted by molar-refractivity contribution is -0.0228. The van der Waals surface area contributed by atoms with Crippen LogP contribution in [0.25, 0.3) is 10.8 Å². The first-order valence-electron chi connectivity index (χ1n) is 6.86. The molecule has 1 atom stereocenters. The van der Waals surface area contributed by atoms with Gasteiger partial charge in [-0.05, 0) is 43.4 Å². The van der Waals surface area contributed by atoms with Gasteiger partial charge in [0.2, 0.25) is 0 Å². The smallest absolute Gasteiger partial charge is 0.405 e. The Labute approximate surface area is 114 Å². The number of hydrogen-bond donors (Lipinski definition) is 0. The van der Waals surface area contributed by atoms with E-state index in [1.165, 1.54) is 10.8 Å². The topological polar surface area (TPSA) is 18.5 Å². The predicted octanol–water partition coefficient (Wildman–Crippen LogP) is 3.14. The molecule has 1 fully saturated rings. The van der Waals surface area contributed by atoms with Crippen LogP contribution < -0.4 is 5.46 Å². The highest BCUT2D eigenvalue weighted by Gasteiger charge is 2.38. The van der Waals surface area contributed by atoms with Crippen molar-refractivity contribution in [3.8, 4) is 0 Å². The van der Waals surface area contributed by atoms with Gasteiger partial charge >= 0.3 is 7.12 Å². The van der Waals surface area contributed by atoms with Crippen LogP contribution in [0.1, 0.15) is 27.2 Å². The van der Waals surface area contributed by atoms with Crippen LogP contribution in [0.15, 0.2) is 42.5 Å². The summed E-state index contributed by atoms with van der Waals surface area (Å²) in [6.07, 6.45) is 1.14. The van der Waals surface area contributed by atoms with Gasteiger partial charge in [-0.1, -0.05) is 42.5 Å². The first-order chi connectivity index (χ1) is 9.05. The molecule has 0 amide bonds. The second-order valence-electron chi connectivity index (χ2n) is 5.93. The normalized spacial score (nSPS) is 22.7. The van der Waals surface area contributed by atoms with Gasteiger partial charge in [0.05, 0.1) is 5.60 Å². The number of benzene rings is 2. The van der Waals surface area contributed by atoms with E-state index in [1.807, 2.05) is 0 Å². The molecule has 19 heavy (non-hydrogen) atoms. The summed E-state index contributed by atoms with van der Waals surface area (Å²) in [4.78, 5) is 0. The summed E-state index contributed by atoms with van der Waals surface area (Å²) < 4.78 is 12.1. The van der Waals surface area contributed by atoms with E-state index < -0.39 is 0 Å². The van der Waals surface area contributed by atoms with Crippen molar-refractivity contribution >= 4 is 23.4 Å². The van der Waals surface area contributed by atoms with Crippen LogP contribution in [0.3, 0.4) is 0 Å². The van der Waals surface area contributed by atoms with Gasteiger partial charge in [-0.15, -0.1) is 0 Å². The summed E-state index contributed by atoms with van der Waals surface area (Å²) in [6, 6.07) is 14.7. The quantitative estimate of drug-likeness (QED) is 0.728. The van der Waals surface area contributed by atoms with Gasteiger partial charge < -0.3 is 9.31 Å². The van der Waals surface area contributed by atoms with Gasteiger partial charge in [-0.3, -0.25) is 0 Å². The van der Waals surface area contributed by atoms with Crippen molar-refractivity contribution in [2.45, 2.75) is 38.9 Å². The number of fused-ring (bicyclic) bond motifs is 1. The van der Waals surface area contributed by atoms with Crippen LogP contribution >= 0.6 is 0 Å². The Morgan fingerprint density at radius 1 is 1.11 bits per heavy atom. The third-order valence-electron chi connectivity index (χ3n) is 3.64. The maximum atomic E-state index is 6.12. The molecule has 0 aromatic heterocycles. The van der Waals surface area contributed by atoms with Crippen LogP contribution in [-0.4, -0.2) is 18.8 Å². The molecule has 0 aliphatic carbocycles. The Morgan fingerprint density at radius 3 is 2.63 bits per heavy atom. The lowest BCUT2D eigenvalue weighted by Crippen LogP contribution is -2.51. The highest BCUT2D eigenvalue weighted by molar-refractivity contribution is 6.64. The molecule has 0 bridgehead atoms. The molecule has 2 aromatic rings. The Bertz CT molecular complexity index is 589. The molecule has 2 nitrogen and oxygen atoms in total. The molecule has 1 heterocycles. The second kappa shape index (κ2) is 4.66. The van der Waals surface area contributed by atoms with E-state index in [9.17, 15) is 0 Å². The zero-order valence-electron chi connectivity index (χ0n) is 11.7. The van der Waals surface area contributed by atoms with Crippen LogP contribution in [-0.2, 0) is 9.31 Å². The van der Waals surface area contributed by atoms with Crippen molar-refractivity contribution in [1.82, 2.24) is 0 Å². The van der Waals surface area contributed by atoms with E-state index in [-0.39, 0.29) is 18.8 Å². The van der Waals surface area contributed by atoms with Crippen molar-refractivity contribution in [1.29, 1.82) is 0 Å². The van der Waals surface area contributed by atoms with E-state index >= 15 is 0 Å². The fourth-order valence-electron chi connectivity index (χ4n) is 2.91. The highest BCUT2D eigenvalue weighted by atomic mass is 16.6. The zero-order chi connectivity index (χ0) is 13.5. The minimum atomic E-state index is -0.273. The van der Waals surface area contributed by atoms with E-state index in [1.54, 1.807) is 0 Å². The lowest BCUT2D eigenvalue weighted by atomic mass is 9.73. The monoisotopic (exact) mass is 254 g/mol. The Balaban J connectivity index is 2.04. The van der Waals surface area contributed by atoms with Gasteiger partial charge in [0.15, 0.2) is 0 Å². The summed E-state index contributed by atoms with van der Waals surface area (Å²) in [5.41, 5.74) is 0.983. The third-order valence-corrected chi connectivity index (χ3v) is 3.64. The SMILES string of the molecule is C[C@@H]1CC(C)(C)OB(c2cccc3ccccc23)O1. The van der Waals surface area contributed by atoms with E-state index in [0.717, 1.165) is 11.9 Å². The minimum absolute atomic E-state index is 0.140. The average Bonchev–Trinajstić information content (AvgIpc) is 2.35. The molecule has 0 unspecified atom stereocenters. The summed E-state index contributed by atoms with van der Waals surface area (Å²) in [5.74, 6) is 0. The Kier molecular flexibility index (Phi) is 3.11. The molecule has 0 spiro atoms. The van der Waals surface area contributed by atoms with Crippen LogP contribution in [0.4, 0.5) is 0 Å². The molecular weight excluding hydrogens is 235 g/mol. The number of rotatable bonds is 1. The third kappa shape index (κ3) is 2.53. The lowest BCUT2D eigenvalue weighted by Gasteiger charge is -2.38. The van der Waals surface area contributed by atoms with Crippen molar-refractivity contribution in [2.75, 3.05) is 0 Å². The Hall–Kier alpha value is -1.32. The Morgan fingerprint density at radius 2 is 1.84 bits per heavy atom. The molecule has 98 valence electrons. The fraction of sp³-hybridized carbons (Fsp3) is 0.375. The summed E-state index contributed by atoms with van der Waals surface area (Å²) in [6.45, 7) is 6.37. The molecule has 2 aromatic carbocycles. The highest BCUT2D eigenvalue weighted by Crippen LogP contribution is 2.26. The van der Waals surface area contributed by atoms with Crippen molar-refractivity contribution in [3.63, 3.8) is 0 Å². The molecule has 0 radical (unpaired) electrons. The molecular formula is C16H19BO2. The average molecular weight is 254 g/mol.